The number of nitrogens with one attached hydrogen (secondary N) is 1. The summed E-state index contributed by atoms with van der Waals surface area (Å²) in [5.74, 6) is 0.858. The Labute approximate surface area is 143 Å². The van der Waals surface area contributed by atoms with Crippen molar-refractivity contribution in [3.63, 3.8) is 0 Å². The molecule has 2 saturated carbocycles. The molecule has 1 aliphatic heterocycles. The average Bonchev–Trinajstić information content (AvgIpc) is 2.52. The number of ether oxygens (including phenoxy) is 1. The fourth-order valence-corrected chi connectivity index (χ4v) is 3.58. The van der Waals surface area contributed by atoms with Crippen molar-refractivity contribution in [1.29, 1.82) is 0 Å². The van der Waals surface area contributed by atoms with Gasteiger partial charge in [0.05, 0.1) is 17.2 Å². The summed E-state index contributed by atoms with van der Waals surface area (Å²) in [5.41, 5.74) is 4.45. The number of aliphatic imine (C=N–C) groups is 1. The van der Waals surface area contributed by atoms with Gasteiger partial charge in [0.25, 0.3) is 0 Å². The van der Waals surface area contributed by atoms with Crippen molar-refractivity contribution in [2.45, 2.75) is 59.5 Å². The number of thioether (sulfide) groups is 1. The summed E-state index contributed by atoms with van der Waals surface area (Å²) >= 11 is 1.30. The van der Waals surface area contributed by atoms with E-state index in [-0.39, 0.29) is 23.2 Å². The van der Waals surface area contributed by atoms with Crippen LogP contribution in [0.4, 0.5) is 0 Å². The number of hydrazone groups is 1. The molecule has 0 saturated heterocycles. The van der Waals surface area contributed by atoms with Gasteiger partial charge in [0.15, 0.2) is 5.17 Å². The van der Waals surface area contributed by atoms with Crippen molar-refractivity contribution in [3.05, 3.63) is 12.3 Å². The van der Waals surface area contributed by atoms with Gasteiger partial charge in [-0.25, -0.2) is 4.99 Å². The summed E-state index contributed by atoms with van der Waals surface area (Å²) < 4.78 is 5.56. The van der Waals surface area contributed by atoms with E-state index in [1.165, 1.54) is 31.0 Å². The number of esters is 1. The largest absolute Gasteiger partial charge is 0.461 e. The number of hydrogen-bond donors (Lipinski definition) is 1. The van der Waals surface area contributed by atoms with Crippen LogP contribution in [0, 0.1) is 11.3 Å². The Hall–Kier alpha value is -1.30. The van der Waals surface area contributed by atoms with Crippen molar-refractivity contribution in [2.75, 3.05) is 5.75 Å². The van der Waals surface area contributed by atoms with Gasteiger partial charge in [0, 0.05) is 5.41 Å². The number of amidine groups is 1. The predicted molar refractivity (Wildman–Crippen MR) is 96.6 cm³/mol. The lowest BCUT2D eigenvalue weighted by Gasteiger charge is -2.61. The molecular formula is C17H27N3O2S. The Morgan fingerprint density at radius 1 is 1.52 bits per heavy atom. The average molecular weight is 337 g/mol. The molecule has 0 aromatic carbocycles. The zero-order valence-corrected chi connectivity index (χ0v) is 15.3. The first-order chi connectivity index (χ1) is 10.9. The minimum Gasteiger partial charge on any atom is -0.461 e. The highest BCUT2D eigenvalue weighted by molar-refractivity contribution is 8.14. The number of fused-ring (bicyclic) bond motifs is 1. The molecule has 2 aliphatic carbocycles. The second kappa shape index (κ2) is 7.51. The Kier molecular flexibility index (Phi) is 5.89. The predicted octanol–water partition coefficient (Wildman–Crippen LogP) is 3.72. The maximum Gasteiger partial charge on any atom is 0.316 e. The highest BCUT2D eigenvalue weighted by Gasteiger charge is 2.59. The van der Waals surface area contributed by atoms with Gasteiger partial charge < -0.3 is 4.74 Å². The quantitative estimate of drug-likeness (QED) is 0.797. The Balaban J connectivity index is 0.000000595. The molecule has 0 spiro atoms. The summed E-state index contributed by atoms with van der Waals surface area (Å²) in [5, 5.41) is 4.66. The molecule has 0 radical (unpaired) electrons. The summed E-state index contributed by atoms with van der Waals surface area (Å²) in [6.45, 7) is 12.1. The molecule has 3 rings (SSSR count). The number of carbonyl (C=O) groups is 1. The molecule has 23 heavy (non-hydrogen) atoms. The molecule has 3 unspecified atom stereocenters. The zero-order chi connectivity index (χ0) is 17.0. The number of carbonyl (C=O) groups excluding carboxylic acids is 1. The van der Waals surface area contributed by atoms with Gasteiger partial charge in [-0.1, -0.05) is 45.5 Å². The molecule has 2 fully saturated rings. The van der Waals surface area contributed by atoms with Gasteiger partial charge in [-0.2, -0.15) is 5.10 Å². The minimum absolute atomic E-state index is 0.117. The zero-order valence-electron chi connectivity index (χ0n) is 14.5. The van der Waals surface area contributed by atoms with E-state index in [2.05, 4.69) is 42.9 Å². The third kappa shape index (κ3) is 3.97. The maximum absolute atomic E-state index is 11.9. The van der Waals surface area contributed by atoms with Crippen molar-refractivity contribution in [3.8, 4) is 0 Å². The first-order valence-corrected chi connectivity index (χ1v) is 9.29. The minimum atomic E-state index is -0.173. The number of rotatable bonds is 3. The fraction of sp³-hybridized carbons (Fsp3) is 0.706. The van der Waals surface area contributed by atoms with Crippen LogP contribution in [0.15, 0.2) is 22.4 Å². The molecule has 0 amide bonds. The van der Waals surface area contributed by atoms with Crippen molar-refractivity contribution in [1.82, 2.24) is 5.43 Å². The topological polar surface area (TPSA) is 63.0 Å². The van der Waals surface area contributed by atoms with E-state index >= 15 is 0 Å². The molecular weight excluding hydrogens is 310 g/mol. The molecule has 1 heterocycles. The van der Waals surface area contributed by atoms with Crippen LogP contribution in [0.3, 0.4) is 0 Å². The summed E-state index contributed by atoms with van der Waals surface area (Å²) in [4.78, 5) is 16.1. The highest BCUT2D eigenvalue weighted by atomic mass is 32.2. The first kappa shape index (κ1) is 18.0. The van der Waals surface area contributed by atoms with E-state index in [0.29, 0.717) is 10.9 Å². The molecule has 1 N–H and O–H groups in total. The second-order valence-electron chi connectivity index (χ2n) is 6.62. The Morgan fingerprint density at radius 2 is 2.22 bits per heavy atom. The van der Waals surface area contributed by atoms with E-state index in [1.54, 1.807) is 0 Å². The lowest BCUT2D eigenvalue weighted by atomic mass is 9.47. The molecule has 3 aliphatic rings. The normalized spacial score (nSPS) is 31.0. The van der Waals surface area contributed by atoms with Crippen molar-refractivity contribution >= 4 is 28.6 Å². The lowest BCUT2D eigenvalue weighted by molar-refractivity contribution is -0.205. The van der Waals surface area contributed by atoms with E-state index in [4.69, 9.17) is 4.74 Å². The van der Waals surface area contributed by atoms with Gasteiger partial charge in [-0.15, -0.1) is 0 Å². The number of hydrogen-bond acceptors (Lipinski definition) is 6. The molecule has 5 nitrogen and oxygen atoms in total. The fourth-order valence-electron chi connectivity index (χ4n) is 2.97. The van der Waals surface area contributed by atoms with Crippen molar-refractivity contribution in [2.24, 2.45) is 21.4 Å². The van der Waals surface area contributed by atoms with Crippen LogP contribution >= 0.6 is 11.8 Å². The summed E-state index contributed by atoms with van der Waals surface area (Å²) in [6, 6.07) is 0. The van der Waals surface area contributed by atoms with Crippen LogP contribution < -0.4 is 5.43 Å². The van der Waals surface area contributed by atoms with Crippen LogP contribution in [0.2, 0.25) is 0 Å². The van der Waals surface area contributed by atoms with Crippen LogP contribution in [0.25, 0.3) is 0 Å². The number of nitrogens with zero attached hydrogens (tertiary/aromatic N) is 2. The van der Waals surface area contributed by atoms with Gasteiger partial charge in [0.1, 0.15) is 6.10 Å². The third-order valence-electron chi connectivity index (χ3n) is 4.77. The summed E-state index contributed by atoms with van der Waals surface area (Å²) in [7, 11) is 0. The third-order valence-corrected chi connectivity index (χ3v) is 5.61. The monoisotopic (exact) mass is 337 g/mol. The SMILES string of the molecule is C=C1N=C(SCC(=O)OC2CC3CCC32C)NN=C1C.CCC. The van der Waals surface area contributed by atoms with Gasteiger partial charge in [-0.3, -0.25) is 10.2 Å². The maximum atomic E-state index is 11.9. The van der Waals surface area contributed by atoms with Gasteiger partial charge in [-0.05, 0) is 32.1 Å². The van der Waals surface area contributed by atoms with E-state index in [9.17, 15) is 4.79 Å². The summed E-state index contributed by atoms with van der Waals surface area (Å²) in [6.07, 6.45) is 4.88. The van der Waals surface area contributed by atoms with Gasteiger partial charge >= 0.3 is 5.97 Å². The first-order valence-electron chi connectivity index (χ1n) is 8.31. The van der Waals surface area contributed by atoms with Crippen LogP contribution in [0.1, 0.15) is 53.4 Å². The lowest BCUT2D eigenvalue weighted by Crippen LogP contribution is -2.59. The molecule has 6 heteroatoms. The Morgan fingerprint density at radius 3 is 2.70 bits per heavy atom. The van der Waals surface area contributed by atoms with Gasteiger partial charge in [0.2, 0.25) is 0 Å². The van der Waals surface area contributed by atoms with Crippen molar-refractivity contribution < 1.29 is 9.53 Å². The van der Waals surface area contributed by atoms with E-state index < -0.39 is 0 Å². The smallest absolute Gasteiger partial charge is 0.316 e. The van der Waals surface area contributed by atoms with Crippen LogP contribution in [-0.4, -0.2) is 28.7 Å². The second-order valence-corrected chi connectivity index (χ2v) is 7.59. The molecule has 0 bridgehead atoms. The standard InChI is InChI=1S/C14H19N3O2S.C3H8/c1-8-9(2)16-17-13(15-8)20-7-12(18)19-11-6-10-4-5-14(10,11)3;1-3-2/h10-11H,1,4-7H2,2-3H3,(H,15,17);3H2,1-2H3. The molecule has 3 atom stereocenters. The number of allylic oxidation sites excluding steroid dienone is 1. The van der Waals surface area contributed by atoms with E-state index in [1.807, 2.05) is 6.92 Å². The van der Waals surface area contributed by atoms with Crippen LogP contribution in [0.5, 0.6) is 0 Å². The van der Waals surface area contributed by atoms with E-state index in [0.717, 1.165) is 18.1 Å². The highest BCUT2D eigenvalue weighted by Crippen LogP contribution is 2.61. The Bertz CT molecular complexity index is 544. The molecule has 0 aromatic rings. The molecule has 0 aromatic heterocycles. The van der Waals surface area contributed by atoms with Crippen LogP contribution in [-0.2, 0) is 9.53 Å². The molecule has 128 valence electrons.